The molecule has 15 nitrogen and oxygen atoms in total. The number of aromatic nitrogens is 3. The lowest BCUT2D eigenvalue weighted by Gasteiger charge is -2.36. The molecule has 1 saturated carbocycles. The molecule has 1 atom stereocenters. The highest BCUT2D eigenvalue weighted by Gasteiger charge is 2.44. The number of aromatic amines is 1. The Hall–Kier alpha value is -5.96. The van der Waals surface area contributed by atoms with Crippen LogP contribution in [-0.4, -0.2) is 98.7 Å². The van der Waals surface area contributed by atoms with Gasteiger partial charge < -0.3 is 19.9 Å². The Bertz CT molecular complexity index is 2240. The molecule has 8 rings (SSSR count). The number of pyridine rings is 3. The minimum atomic E-state index is -1.02. The zero-order valence-corrected chi connectivity index (χ0v) is 30.5. The Kier molecular flexibility index (Phi) is 9.86. The fourth-order valence-electron chi connectivity index (χ4n) is 7.95. The standard InChI is InChI=1S/C40H42N8O7/c1-2-24-18-32-33(44-36(24)50)17-23(20-41-32)22-46-13-15-47(16-14-46)26-5-10-31(42-21-26)37(51)43-25-3-6-27(7-4-25)55-28-8-9-29-30(19-28)40(54)48(39(29)53)34-11-12-35(49)45-38(34)52/h5,8-10,17-21,25,27,34H,2-4,6-7,11-16,22H2,1H3,(H,43,51)(H,44,50)(H,45,49,52)/t25-,27+,34?. The summed E-state index contributed by atoms with van der Waals surface area (Å²) < 4.78 is 6.20. The minimum Gasteiger partial charge on any atom is -0.490 e. The molecule has 0 spiro atoms. The second kappa shape index (κ2) is 15.1. The number of fused-ring (bicyclic) bond motifs is 2. The van der Waals surface area contributed by atoms with Crippen molar-refractivity contribution >= 4 is 46.3 Å². The summed E-state index contributed by atoms with van der Waals surface area (Å²) in [6.45, 7) is 6.04. The second-order valence-electron chi connectivity index (χ2n) is 14.6. The molecule has 0 radical (unpaired) electrons. The molecule has 4 aliphatic rings. The summed E-state index contributed by atoms with van der Waals surface area (Å²) in [4.78, 5) is 93.1. The van der Waals surface area contributed by atoms with Gasteiger partial charge in [0.25, 0.3) is 23.3 Å². The zero-order valence-electron chi connectivity index (χ0n) is 30.5. The maximum Gasteiger partial charge on any atom is 0.270 e. The Morgan fingerprint density at radius 1 is 0.873 bits per heavy atom. The fourth-order valence-corrected chi connectivity index (χ4v) is 7.95. The summed E-state index contributed by atoms with van der Waals surface area (Å²) in [5.74, 6) is -1.97. The van der Waals surface area contributed by atoms with Crippen LogP contribution in [0.5, 0.6) is 5.75 Å². The van der Waals surface area contributed by atoms with E-state index in [-0.39, 0.29) is 47.6 Å². The van der Waals surface area contributed by atoms with E-state index in [1.54, 1.807) is 30.5 Å². The lowest BCUT2D eigenvalue weighted by molar-refractivity contribution is -0.136. The number of ether oxygens (including phenoxy) is 1. The number of anilines is 1. The van der Waals surface area contributed by atoms with Gasteiger partial charge in [-0.05, 0) is 86.6 Å². The van der Waals surface area contributed by atoms with Gasteiger partial charge in [0, 0.05) is 56.9 Å². The van der Waals surface area contributed by atoms with Gasteiger partial charge in [-0.15, -0.1) is 0 Å². The number of aryl methyl sites for hydroxylation is 1. The number of piperidine rings is 1. The van der Waals surface area contributed by atoms with Gasteiger partial charge in [0.15, 0.2) is 0 Å². The maximum atomic E-state index is 13.2. The van der Waals surface area contributed by atoms with Crippen LogP contribution in [0.3, 0.4) is 0 Å². The van der Waals surface area contributed by atoms with Gasteiger partial charge in [0.05, 0.1) is 40.1 Å². The quantitative estimate of drug-likeness (QED) is 0.214. The van der Waals surface area contributed by atoms with E-state index in [4.69, 9.17) is 4.74 Å². The van der Waals surface area contributed by atoms with Crippen molar-refractivity contribution < 1.29 is 28.7 Å². The Labute approximate surface area is 316 Å². The van der Waals surface area contributed by atoms with Gasteiger partial charge in [0.1, 0.15) is 17.5 Å². The lowest BCUT2D eigenvalue weighted by Crippen LogP contribution is -2.54. The van der Waals surface area contributed by atoms with Crippen molar-refractivity contribution in [3.05, 3.63) is 93.2 Å². The van der Waals surface area contributed by atoms with Crippen molar-refractivity contribution in [2.24, 2.45) is 0 Å². The minimum absolute atomic E-state index is 0.0323. The molecule has 55 heavy (non-hydrogen) atoms. The summed E-state index contributed by atoms with van der Waals surface area (Å²) >= 11 is 0. The summed E-state index contributed by atoms with van der Waals surface area (Å²) in [7, 11) is 0. The van der Waals surface area contributed by atoms with Crippen LogP contribution < -0.4 is 25.8 Å². The number of nitrogens with zero attached hydrogens (tertiary/aromatic N) is 5. The van der Waals surface area contributed by atoms with E-state index in [2.05, 4.69) is 35.4 Å². The molecule has 3 N–H and O–H groups in total. The third-order valence-electron chi connectivity index (χ3n) is 11.1. The molecule has 3 aliphatic heterocycles. The summed E-state index contributed by atoms with van der Waals surface area (Å²) in [5, 5.41) is 5.31. The first kappa shape index (κ1) is 36.0. The van der Waals surface area contributed by atoms with Gasteiger partial charge in [0.2, 0.25) is 11.8 Å². The molecule has 1 aromatic carbocycles. The molecule has 6 heterocycles. The highest BCUT2D eigenvalue weighted by molar-refractivity contribution is 6.23. The molecule has 5 amide bonds. The first-order chi connectivity index (χ1) is 26.6. The van der Waals surface area contributed by atoms with Gasteiger partial charge >= 0.3 is 0 Å². The van der Waals surface area contributed by atoms with E-state index in [0.717, 1.165) is 65.5 Å². The predicted octanol–water partition coefficient (Wildman–Crippen LogP) is 2.72. The molecule has 15 heteroatoms. The van der Waals surface area contributed by atoms with E-state index in [1.165, 1.54) is 0 Å². The van der Waals surface area contributed by atoms with Gasteiger partial charge in [-0.25, -0.2) is 4.98 Å². The first-order valence-electron chi connectivity index (χ1n) is 18.9. The van der Waals surface area contributed by atoms with E-state index in [1.807, 2.05) is 31.3 Å². The van der Waals surface area contributed by atoms with Crippen LogP contribution in [0.4, 0.5) is 5.69 Å². The van der Waals surface area contributed by atoms with E-state index >= 15 is 0 Å². The van der Waals surface area contributed by atoms with Crippen LogP contribution in [0.25, 0.3) is 11.0 Å². The van der Waals surface area contributed by atoms with Crippen molar-refractivity contribution in [2.45, 2.75) is 76.6 Å². The molecule has 2 saturated heterocycles. The molecule has 1 aliphatic carbocycles. The van der Waals surface area contributed by atoms with Gasteiger partial charge in [-0.3, -0.25) is 48.9 Å². The smallest absolute Gasteiger partial charge is 0.270 e. The third-order valence-corrected chi connectivity index (χ3v) is 11.1. The largest absolute Gasteiger partial charge is 0.490 e. The molecule has 3 aromatic heterocycles. The number of rotatable bonds is 9. The van der Waals surface area contributed by atoms with Gasteiger partial charge in [-0.2, -0.15) is 0 Å². The Balaban J connectivity index is 0.788. The highest BCUT2D eigenvalue weighted by atomic mass is 16.5. The van der Waals surface area contributed by atoms with Crippen LogP contribution in [0.15, 0.2) is 59.7 Å². The number of imide groups is 2. The number of piperazine rings is 1. The normalized spacial score (nSPS) is 21.8. The Morgan fingerprint density at radius 2 is 1.65 bits per heavy atom. The topological polar surface area (TPSA) is 187 Å². The van der Waals surface area contributed by atoms with Crippen LogP contribution in [-0.2, 0) is 22.6 Å². The number of carbonyl (C=O) groups is 5. The molecule has 284 valence electrons. The molecular weight excluding hydrogens is 704 g/mol. The van der Waals surface area contributed by atoms with Crippen molar-refractivity contribution in [1.29, 1.82) is 0 Å². The molecule has 3 fully saturated rings. The number of H-pyrrole nitrogens is 1. The number of hydrogen-bond acceptors (Lipinski definition) is 11. The number of carbonyl (C=O) groups excluding carboxylic acids is 5. The van der Waals surface area contributed by atoms with Crippen molar-refractivity contribution in [3.63, 3.8) is 0 Å². The molecule has 4 aromatic rings. The highest BCUT2D eigenvalue weighted by Crippen LogP contribution is 2.32. The van der Waals surface area contributed by atoms with Crippen LogP contribution in [0.2, 0.25) is 0 Å². The second-order valence-corrected chi connectivity index (χ2v) is 14.6. The molecular formula is C40H42N8O7. The summed E-state index contributed by atoms with van der Waals surface area (Å²) in [5.41, 5.74) is 4.98. The monoisotopic (exact) mass is 746 g/mol. The van der Waals surface area contributed by atoms with Crippen molar-refractivity contribution in [3.8, 4) is 5.75 Å². The molecule has 0 bridgehead atoms. The lowest BCUT2D eigenvalue weighted by atomic mass is 9.92. The van der Waals surface area contributed by atoms with Crippen LogP contribution >= 0.6 is 0 Å². The van der Waals surface area contributed by atoms with Crippen molar-refractivity contribution in [1.82, 2.24) is 35.4 Å². The van der Waals surface area contributed by atoms with E-state index in [0.29, 0.717) is 43.5 Å². The predicted molar refractivity (Wildman–Crippen MR) is 201 cm³/mol. The number of benzene rings is 1. The number of hydrogen-bond donors (Lipinski definition) is 3. The van der Waals surface area contributed by atoms with E-state index in [9.17, 15) is 28.8 Å². The third kappa shape index (κ3) is 7.43. The summed E-state index contributed by atoms with van der Waals surface area (Å²) in [6, 6.07) is 11.3. The number of nitrogens with one attached hydrogen (secondary N) is 3. The molecule has 1 unspecified atom stereocenters. The number of amides is 5. The SMILES string of the molecule is CCc1cc2ncc(CN3CCN(c4ccc(C(=O)N[C@H]5CC[C@@H](Oc6ccc7c(c6)C(=O)N(C6CCC(=O)NC6=O)C7=O)CC5)nc4)CC3)cc2[nH]c1=O. The Morgan fingerprint density at radius 3 is 2.38 bits per heavy atom. The van der Waals surface area contributed by atoms with Crippen LogP contribution in [0.1, 0.15) is 87.8 Å². The first-order valence-corrected chi connectivity index (χ1v) is 18.9. The van der Waals surface area contributed by atoms with Crippen molar-refractivity contribution in [2.75, 3.05) is 31.1 Å². The van der Waals surface area contributed by atoms with Crippen LogP contribution in [0, 0.1) is 0 Å². The fraction of sp³-hybridized carbons (Fsp3) is 0.400. The summed E-state index contributed by atoms with van der Waals surface area (Å²) in [6.07, 6.45) is 7.11. The van der Waals surface area contributed by atoms with E-state index < -0.39 is 29.7 Å². The zero-order chi connectivity index (χ0) is 38.2. The average Bonchev–Trinajstić information content (AvgIpc) is 3.43. The van der Waals surface area contributed by atoms with Gasteiger partial charge in [-0.1, -0.05) is 6.92 Å². The maximum absolute atomic E-state index is 13.2. The average molecular weight is 747 g/mol.